The molecule has 0 aliphatic heterocycles. The number of benzene rings is 10. The second-order valence-electron chi connectivity index (χ2n) is 16.2. The van der Waals surface area contributed by atoms with Gasteiger partial charge in [0, 0.05) is 0 Å². The van der Waals surface area contributed by atoms with E-state index in [1.807, 2.05) is 55.3 Å². The number of carbonyl (C=O) groups excluding carboxylic acids is 1. The lowest BCUT2D eigenvalue weighted by Crippen LogP contribution is -2.00. The summed E-state index contributed by atoms with van der Waals surface area (Å²) in [6.07, 6.45) is 0. The van der Waals surface area contributed by atoms with Crippen LogP contribution in [0, 0.1) is 41.5 Å². The molecule has 68 heavy (non-hydrogen) atoms. The summed E-state index contributed by atoms with van der Waals surface area (Å²) < 4.78 is 0. The highest BCUT2D eigenvalue weighted by Crippen LogP contribution is 2.35. The van der Waals surface area contributed by atoms with Gasteiger partial charge in [0.15, 0.2) is 0 Å². The van der Waals surface area contributed by atoms with Crippen molar-refractivity contribution in [3.05, 3.63) is 300 Å². The van der Waals surface area contributed by atoms with Crippen LogP contribution in [0.1, 0.15) is 33.4 Å². The van der Waals surface area contributed by atoms with E-state index in [-0.39, 0.29) is 0 Å². The summed E-state index contributed by atoms with van der Waals surface area (Å²) in [6.45, 7) is 15.4. The molecule has 0 N–H and O–H groups in total. The molecule has 0 aliphatic rings. The monoisotopic (exact) mass is 884 g/mol. The first-order valence-electron chi connectivity index (χ1n) is 23.2. The molecule has 10 rings (SSSR count). The second-order valence-corrected chi connectivity index (χ2v) is 16.2. The number of carbonyl (C=O) groups is 1. The predicted octanol–water partition coefficient (Wildman–Crippen LogP) is 18.4. The zero-order valence-electron chi connectivity index (χ0n) is 40.5. The largest absolute Gasteiger partial charge is 0.307 e. The summed E-state index contributed by atoms with van der Waals surface area (Å²) in [7, 11) is 0. The Labute approximate surface area is 407 Å². The van der Waals surface area contributed by atoms with Crippen LogP contribution in [-0.2, 0) is 4.79 Å². The summed E-state index contributed by atoms with van der Waals surface area (Å²) in [5.41, 5.74) is 21.5. The van der Waals surface area contributed by atoms with Gasteiger partial charge in [0.1, 0.15) is 6.79 Å². The van der Waals surface area contributed by atoms with Crippen LogP contribution in [0.4, 0.5) is 0 Å². The van der Waals surface area contributed by atoms with Crippen molar-refractivity contribution < 1.29 is 4.79 Å². The summed E-state index contributed by atoms with van der Waals surface area (Å²) in [4.78, 5) is 8.00. The van der Waals surface area contributed by atoms with Crippen molar-refractivity contribution >= 4 is 6.79 Å². The van der Waals surface area contributed by atoms with E-state index in [0.29, 0.717) is 0 Å². The highest BCUT2D eigenvalue weighted by molar-refractivity contribution is 5.77. The molecule has 0 fully saturated rings. The zero-order valence-corrected chi connectivity index (χ0v) is 40.5. The summed E-state index contributed by atoms with van der Waals surface area (Å²) >= 11 is 0. The first-order chi connectivity index (χ1) is 33.3. The third-order valence-corrected chi connectivity index (χ3v) is 11.9. The van der Waals surface area contributed by atoms with E-state index < -0.39 is 0 Å². The lowest BCUT2D eigenvalue weighted by Gasteiger charge is -2.20. The van der Waals surface area contributed by atoms with Crippen LogP contribution in [0.2, 0.25) is 0 Å². The van der Waals surface area contributed by atoms with Crippen molar-refractivity contribution in [1.82, 2.24) is 0 Å². The lowest BCUT2D eigenvalue weighted by atomic mass is 9.85. The fourth-order valence-corrected chi connectivity index (χ4v) is 7.80. The second kappa shape index (κ2) is 28.0. The van der Waals surface area contributed by atoms with E-state index in [4.69, 9.17) is 4.79 Å². The maximum atomic E-state index is 8.00. The lowest BCUT2D eigenvalue weighted by molar-refractivity contribution is -0.0980. The molecule has 0 radical (unpaired) electrons. The van der Waals surface area contributed by atoms with Gasteiger partial charge in [-0.2, -0.15) is 0 Å². The van der Waals surface area contributed by atoms with Gasteiger partial charge in [0.25, 0.3) is 0 Å². The van der Waals surface area contributed by atoms with Gasteiger partial charge in [-0.3, -0.25) is 0 Å². The van der Waals surface area contributed by atoms with Crippen LogP contribution in [0.5, 0.6) is 0 Å². The van der Waals surface area contributed by atoms with Gasteiger partial charge in [0.2, 0.25) is 0 Å². The molecule has 1 heteroatoms. The first kappa shape index (κ1) is 50.9. The maximum absolute atomic E-state index is 8.00. The fourth-order valence-electron chi connectivity index (χ4n) is 7.80. The third-order valence-electron chi connectivity index (χ3n) is 11.9. The molecule has 10 aromatic carbocycles. The van der Waals surface area contributed by atoms with Crippen LogP contribution < -0.4 is 0 Å². The standard InChI is InChI=1S/C18H22.4C12H10.CH2O/c1-11-9-7-8-10-17(11)18-15(5)13(3)12(2)14(4)16(18)6;4*1-3-7-11(8-4-1)12-9-5-2-6-10-12;1-2/h7-10H,1-6H3;4*1-10H;1H2. The van der Waals surface area contributed by atoms with E-state index in [0.717, 1.165) is 0 Å². The van der Waals surface area contributed by atoms with Crippen LogP contribution in [0.15, 0.2) is 267 Å². The SMILES string of the molecule is C=O.Cc1ccccc1-c1c(C)c(C)c(C)c(C)c1C.c1ccc(-c2ccccc2)cc1.c1ccc(-c2ccccc2)cc1.c1ccc(-c2ccccc2)cc1.c1ccc(-c2ccccc2)cc1. The minimum absolute atomic E-state index is 1.28. The Hall–Kier alpha value is -8.13. The van der Waals surface area contributed by atoms with E-state index in [1.165, 1.54) is 89.0 Å². The maximum Gasteiger partial charge on any atom is 0.106 e. The predicted molar refractivity (Wildman–Crippen MR) is 295 cm³/mol. The molecule has 1 nitrogen and oxygen atoms in total. The molecule has 0 saturated carbocycles. The summed E-state index contributed by atoms with van der Waals surface area (Å²) in [5.74, 6) is 0. The fraction of sp³-hybridized carbons (Fsp3) is 0.0896. The van der Waals surface area contributed by atoms with Crippen LogP contribution in [0.25, 0.3) is 55.6 Å². The van der Waals surface area contributed by atoms with E-state index >= 15 is 0 Å². The highest BCUT2D eigenvalue weighted by atomic mass is 16.1. The average molecular weight is 885 g/mol. The first-order valence-corrected chi connectivity index (χ1v) is 23.2. The van der Waals surface area contributed by atoms with Crippen molar-refractivity contribution in [1.29, 1.82) is 0 Å². The van der Waals surface area contributed by atoms with Crippen molar-refractivity contribution in [2.24, 2.45) is 0 Å². The van der Waals surface area contributed by atoms with Gasteiger partial charge in [-0.15, -0.1) is 0 Å². The van der Waals surface area contributed by atoms with E-state index in [1.54, 1.807) is 0 Å². The molecule has 0 atom stereocenters. The normalized spacial score (nSPS) is 9.74. The molecule has 0 aromatic heterocycles. The van der Waals surface area contributed by atoms with Crippen LogP contribution in [-0.4, -0.2) is 6.79 Å². The summed E-state index contributed by atoms with van der Waals surface area (Å²) in [6, 6.07) is 91.8. The molecule has 0 aliphatic carbocycles. The van der Waals surface area contributed by atoms with Gasteiger partial charge in [0.05, 0.1) is 0 Å². The molecular formula is C67H64O. The molecule has 0 bridgehead atoms. The van der Waals surface area contributed by atoms with Crippen molar-refractivity contribution in [2.75, 3.05) is 0 Å². The molecule has 0 heterocycles. The van der Waals surface area contributed by atoms with Gasteiger partial charge in [-0.25, -0.2) is 0 Å². The average Bonchev–Trinajstić information content (AvgIpc) is 3.43. The Balaban J connectivity index is 0.000000159. The Morgan fingerprint density at radius 2 is 0.368 bits per heavy atom. The van der Waals surface area contributed by atoms with Crippen molar-refractivity contribution in [3.63, 3.8) is 0 Å². The highest BCUT2D eigenvalue weighted by Gasteiger charge is 2.14. The number of aryl methyl sites for hydroxylation is 1. The molecular weight excluding hydrogens is 821 g/mol. The molecule has 10 aromatic rings. The molecule has 0 amide bonds. The molecule has 0 saturated heterocycles. The Morgan fingerprint density at radius 1 is 0.206 bits per heavy atom. The molecule has 0 unspecified atom stereocenters. The van der Waals surface area contributed by atoms with Gasteiger partial charge < -0.3 is 4.79 Å². The Morgan fingerprint density at radius 3 is 0.559 bits per heavy atom. The Kier molecular flexibility index (Phi) is 21.0. The number of hydrogen-bond donors (Lipinski definition) is 0. The third kappa shape index (κ3) is 15.2. The van der Waals surface area contributed by atoms with Gasteiger partial charge in [-0.05, 0) is 131 Å². The van der Waals surface area contributed by atoms with Crippen molar-refractivity contribution in [2.45, 2.75) is 41.5 Å². The zero-order chi connectivity index (χ0) is 48.4. The van der Waals surface area contributed by atoms with E-state index in [2.05, 4.69) is 260 Å². The van der Waals surface area contributed by atoms with E-state index in [9.17, 15) is 0 Å². The molecule has 0 spiro atoms. The quantitative estimate of drug-likeness (QED) is 0.168. The van der Waals surface area contributed by atoms with Crippen LogP contribution >= 0.6 is 0 Å². The van der Waals surface area contributed by atoms with Gasteiger partial charge >= 0.3 is 0 Å². The number of rotatable bonds is 5. The smallest absolute Gasteiger partial charge is 0.106 e. The van der Waals surface area contributed by atoms with Crippen LogP contribution in [0.3, 0.4) is 0 Å². The molecule has 338 valence electrons. The van der Waals surface area contributed by atoms with Gasteiger partial charge in [-0.1, -0.05) is 267 Å². The Bertz CT molecular complexity index is 2440. The summed E-state index contributed by atoms with van der Waals surface area (Å²) in [5, 5.41) is 0. The van der Waals surface area contributed by atoms with Crippen molar-refractivity contribution in [3.8, 4) is 55.6 Å². The number of hydrogen-bond acceptors (Lipinski definition) is 1. The topological polar surface area (TPSA) is 17.1 Å². The minimum Gasteiger partial charge on any atom is -0.307 e. The minimum atomic E-state index is 1.28.